The number of hydrogen-bond donors (Lipinski definition) is 0. The van der Waals surface area contributed by atoms with Crippen molar-refractivity contribution in [2.24, 2.45) is 29.1 Å². The second-order valence-electron chi connectivity index (χ2n) is 6.74. The SMILES string of the molecule is C1C[C@H]2O[C@H]3S[C@H]4O[C@@H]1[C@H]1[C@H]2[C@@H]3C2(CC2)[C@H]14. The van der Waals surface area contributed by atoms with Crippen molar-refractivity contribution in [3.63, 3.8) is 0 Å². The Morgan fingerprint density at radius 1 is 0.875 bits per heavy atom. The average molecular weight is 236 g/mol. The molecule has 2 bridgehead atoms. The summed E-state index contributed by atoms with van der Waals surface area (Å²) < 4.78 is 12.7. The third-order valence-electron chi connectivity index (χ3n) is 6.50. The summed E-state index contributed by atoms with van der Waals surface area (Å²) in [7, 11) is 0. The van der Waals surface area contributed by atoms with E-state index >= 15 is 0 Å². The van der Waals surface area contributed by atoms with Gasteiger partial charge >= 0.3 is 0 Å². The van der Waals surface area contributed by atoms with E-state index in [-0.39, 0.29) is 0 Å². The van der Waals surface area contributed by atoms with Crippen molar-refractivity contribution < 1.29 is 9.47 Å². The number of hydrogen-bond acceptors (Lipinski definition) is 3. The fourth-order valence-electron chi connectivity index (χ4n) is 6.05. The van der Waals surface area contributed by atoms with E-state index in [0.717, 1.165) is 23.7 Å². The highest BCUT2D eigenvalue weighted by molar-refractivity contribution is 8.00. The molecule has 86 valence electrons. The molecule has 1 spiro atoms. The second kappa shape index (κ2) is 2.24. The van der Waals surface area contributed by atoms with E-state index in [4.69, 9.17) is 9.47 Å². The molecule has 3 aliphatic carbocycles. The predicted molar refractivity (Wildman–Crippen MR) is 59.8 cm³/mol. The fraction of sp³-hybridized carbons (Fsp3) is 1.00. The van der Waals surface area contributed by atoms with Gasteiger partial charge in [-0.05, 0) is 42.9 Å². The molecular formula is C13H16O2S. The third-order valence-corrected chi connectivity index (χ3v) is 7.84. The van der Waals surface area contributed by atoms with Gasteiger partial charge in [0.1, 0.15) is 10.9 Å². The summed E-state index contributed by atoms with van der Waals surface area (Å²) in [6.07, 6.45) is 6.72. The molecule has 0 aromatic carbocycles. The molecule has 0 N–H and O–H groups in total. The van der Waals surface area contributed by atoms with Gasteiger partial charge < -0.3 is 9.47 Å². The third kappa shape index (κ3) is 0.648. The first-order chi connectivity index (χ1) is 7.88. The Morgan fingerprint density at radius 3 is 1.94 bits per heavy atom. The molecule has 3 saturated heterocycles. The van der Waals surface area contributed by atoms with Crippen LogP contribution in [0.15, 0.2) is 0 Å². The molecule has 6 fully saturated rings. The minimum atomic E-state index is 0.503. The van der Waals surface area contributed by atoms with Crippen LogP contribution in [0.1, 0.15) is 25.7 Å². The molecule has 16 heavy (non-hydrogen) atoms. The molecule has 3 saturated carbocycles. The molecule has 0 amide bonds. The Bertz CT molecular complexity index is 361. The van der Waals surface area contributed by atoms with Crippen LogP contribution in [0.25, 0.3) is 0 Å². The van der Waals surface area contributed by atoms with Crippen molar-refractivity contribution in [2.75, 3.05) is 0 Å². The van der Waals surface area contributed by atoms with E-state index in [1.54, 1.807) is 0 Å². The highest BCUT2D eigenvalue weighted by Gasteiger charge is 2.80. The maximum atomic E-state index is 6.34. The molecule has 3 aliphatic heterocycles. The lowest BCUT2D eigenvalue weighted by molar-refractivity contribution is -0.0125. The van der Waals surface area contributed by atoms with Crippen LogP contribution >= 0.6 is 11.8 Å². The Labute approximate surface area is 99.4 Å². The van der Waals surface area contributed by atoms with Crippen LogP contribution in [0.3, 0.4) is 0 Å². The Balaban J connectivity index is 1.65. The lowest BCUT2D eigenvalue weighted by Gasteiger charge is -2.37. The van der Waals surface area contributed by atoms with E-state index in [9.17, 15) is 0 Å². The van der Waals surface area contributed by atoms with Gasteiger partial charge in [-0.15, -0.1) is 0 Å². The molecule has 3 heterocycles. The van der Waals surface area contributed by atoms with Crippen molar-refractivity contribution in [1.82, 2.24) is 0 Å². The molecule has 0 aromatic rings. The van der Waals surface area contributed by atoms with Crippen molar-refractivity contribution in [3.05, 3.63) is 0 Å². The maximum absolute atomic E-state index is 6.34. The maximum Gasteiger partial charge on any atom is 0.109 e. The van der Waals surface area contributed by atoms with Crippen LogP contribution < -0.4 is 0 Å². The molecule has 2 nitrogen and oxygen atoms in total. The highest BCUT2D eigenvalue weighted by atomic mass is 32.2. The Hall–Kier alpha value is 0.270. The van der Waals surface area contributed by atoms with Crippen LogP contribution in [0, 0.1) is 29.1 Å². The minimum absolute atomic E-state index is 0.503. The molecule has 6 aliphatic rings. The summed E-state index contributed by atoms with van der Waals surface area (Å²) in [6, 6.07) is 0. The fourth-order valence-corrected chi connectivity index (χ4v) is 7.97. The predicted octanol–water partition coefficient (Wildman–Crippen LogP) is 2.24. The van der Waals surface area contributed by atoms with Gasteiger partial charge in [0, 0.05) is 11.8 Å². The van der Waals surface area contributed by atoms with E-state index in [2.05, 4.69) is 0 Å². The monoisotopic (exact) mass is 236 g/mol. The largest absolute Gasteiger partial charge is 0.364 e. The smallest absolute Gasteiger partial charge is 0.109 e. The van der Waals surface area contributed by atoms with Crippen molar-refractivity contribution in [3.8, 4) is 0 Å². The molecule has 8 atom stereocenters. The molecule has 6 rings (SSSR count). The molecule has 0 aromatic heterocycles. The van der Waals surface area contributed by atoms with Gasteiger partial charge in [0.15, 0.2) is 0 Å². The van der Waals surface area contributed by atoms with Gasteiger partial charge in [-0.1, -0.05) is 11.8 Å². The summed E-state index contributed by atoms with van der Waals surface area (Å²) in [4.78, 5) is 0. The minimum Gasteiger partial charge on any atom is -0.364 e. The highest BCUT2D eigenvalue weighted by Crippen LogP contribution is 2.81. The van der Waals surface area contributed by atoms with Crippen LogP contribution in [0.2, 0.25) is 0 Å². The zero-order valence-corrected chi connectivity index (χ0v) is 9.99. The van der Waals surface area contributed by atoms with Crippen molar-refractivity contribution in [2.45, 2.75) is 48.8 Å². The first kappa shape index (κ1) is 8.39. The van der Waals surface area contributed by atoms with Gasteiger partial charge in [0.05, 0.1) is 12.2 Å². The van der Waals surface area contributed by atoms with E-state index in [1.165, 1.54) is 25.7 Å². The molecule has 3 heteroatoms. The van der Waals surface area contributed by atoms with Crippen molar-refractivity contribution in [1.29, 1.82) is 0 Å². The van der Waals surface area contributed by atoms with Crippen LogP contribution in [-0.4, -0.2) is 23.1 Å². The molecular weight excluding hydrogens is 220 g/mol. The number of rotatable bonds is 0. The summed E-state index contributed by atoms with van der Waals surface area (Å²) in [6.45, 7) is 0. The molecule has 0 unspecified atom stereocenters. The Morgan fingerprint density at radius 2 is 1.44 bits per heavy atom. The zero-order valence-electron chi connectivity index (χ0n) is 9.17. The summed E-state index contributed by atoms with van der Waals surface area (Å²) in [5, 5.41) is 0. The van der Waals surface area contributed by atoms with Gasteiger partial charge in [-0.25, -0.2) is 0 Å². The average Bonchev–Trinajstić information content (AvgIpc) is 2.73. The summed E-state index contributed by atoms with van der Waals surface area (Å²) in [5.41, 5.74) is 1.70. The zero-order chi connectivity index (χ0) is 10.1. The topological polar surface area (TPSA) is 18.5 Å². The van der Waals surface area contributed by atoms with Crippen molar-refractivity contribution >= 4 is 11.8 Å². The number of ether oxygens (including phenoxy) is 2. The quantitative estimate of drug-likeness (QED) is 0.642. The first-order valence-corrected chi connectivity index (χ1v) is 7.79. The van der Waals surface area contributed by atoms with E-state index in [1.807, 2.05) is 11.8 Å². The van der Waals surface area contributed by atoms with Crippen LogP contribution in [0.5, 0.6) is 0 Å². The van der Waals surface area contributed by atoms with Gasteiger partial charge in [-0.3, -0.25) is 0 Å². The second-order valence-corrected chi connectivity index (χ2v) is 7.94. The van der Waals surface area contributed by atoms with Gasteiger partial charge in [0.2, 0.25) is 0 Å². The molecule has 0 radical (unpaired) electrons. The first-order valence-electron chi connectivity index (χ1n) is 6.85. The standard InChI is InChI=1S/C13H16O2S/c1-2-6-8-7-5(1)14-11-9(7)13(3-4-13)10(8)12(15-6)16-11/h5-12H,1-4H2/t5-,6+,7-,8-,9+,10-,11+,12-/m0/s1. The summed E-state index contributed by atoms with van der Waals surface area (Å²) >= 11 is 2.04. The lowest BCUT2D eigenvalue weighted by atomic mass is 9.75. The van der Waals surface area contributed by atoms with E-state index in [0.29, 0.717) is 28.5 Å². The van der Waals surface area contributed by atoms with Gasteiger partial charge in [0.25, 0.3) is 0 Å². The summed E-state index contributed by atoms with van der Waals surface area (Å²) in [5.74, 6) is 3.60. The Kier molecular flexibility index (Phi) is 1.17. The lowest BCUT2D eigenvalue weighted by Crippen LogP contribution is -2.36. The normalized spacial score (nSPS) is 70.5. The van der Waals surface area contributed by atoms with Gasteiger partial charge in [-0.2, -0.15) is 0 Å². The van der Waals surface area contributed by atoms with Crippen LogP contribution in [-0.2, 0) is 9.47 Å². The van der Waals surface area contributed by atoms with Crippen LogP contribution in [0.4, 0.5) is 0 Å². The number of thioether (sulfide) groups is 1. The van der Waals surface area contributed by atoms with E-state index < -0.39 is 0 Å².